The van der Waals surface area contributed by atoms with Crippen molar-refractivity contribution in [1.29, 1.82) is 0 Å². The van der Waals surface area contributed by atoms with Crippen LogP contribution in [0.15, 0.2) is 12.2 Å². The van der Waals surface area contributed by atoms with Crippen LogP contribution >= 0.6 is 0 Å². The summed E-state index contributed by atoms with van der Waals surface area (Å²) in [5.74, 6) is 0.851. The van der Waals surface area contributed by atoms with Gasteiger partial charge < -0.3 is 10.2 Å². The van der Waals surface area contributed by atoms with E-state index in [4.69, 9.17) is 0 Å². The molecule has 17 heavy (non-hydrogen) atoms. The second-order valence-electron chi connectivity index (χ2n) is 7.05. The first-order valence-corrected chi connectivity index (χ1v) is 6.80. The number of hydrogen-bond donors (Lipinski definition) is 2. The van der Waals surface area contributed by atoms with Crippen molar-refractivity contribution < 1.29 is 10.2 Å². The molecular formula is C15H26O2. The Labute approximate surface area is 105 Å². The highest BCUT2D eigenvalue weighted by Crippen LogP contribution is 2.54. The molecule has 0 unspecified atom stereocenters. The Morgan fingerprint density at radius 1 is 1.41 bits per heavy atom. The van der Waals surface area contributed by atoms with Gasteiger partial charge in [0.2, 0.25) is 0 Å². The first-order chi connectivity index (χ1) is 7.72. The van der Waals surface area contributed by atoms with Crippen LogP contribution in [0, 0.1) is 17.3 Å². The summed E-state index contributed by atoms with van der Waals surface area (Å²) in [6.07, 6.45) is 4.64. The zero-order chi connectivity index (χ0) is 12.8. The second-order valence-corrected chi connectivity index (χ2v) is 7.05. The number of aliphatic hydroxyl groups is 2. The fourth-order valence-corrected chi connectivity index (χ4v) is 3.97. The highest BCUT2D eigenvalue weighted by Gasteiger charge is 2.47. The van der Waals surface area contributed by atoms with Gasteiger partial charge in [-0.1, -0.05) is 19.1 Å². The van der Waals surface area contributed by atoms with Crippen molar-refractivity contribution in [1.82, 2.24) is 0 Å². The SMILES string of the molecule is C=C1C[C@H](O)C[C@]2(C)CC[C@@H](C(C)(C)O)C[C@@H]12. The fourth-order valence-electron chi connectivity index (χ4n) is 3.97. The zero-order valence-corrected chi connectivity index (χ0v) is 11.4. The monoisotopic (exact) mass is 238 g/mol. The Bertz CT molecular complexity index is 315. The molecule has 0 bridgehead atoms. The molecule has 2 rings (SSSR count). The maximum Gasteiger partial charge on any atom is 0.0620 e. The molecule has 0 saturated heterocycles. The molecule has 0 radical (unpaired) electrons. The maximum absolute atomic E-state index is 10.2. The maximum atomic E-state index is 10.2. The standard InChI is InChI=1S/C15H26O2/c1-10-7-12(16)9-15(4)6-5-11(8-13(10)15)14(2,3)17/h11-13,16-17H,1,5-9H2,2-4H3/t11-,12+,13+,15+/m1/s1. The van der Waals surface area contributed by atoms with Crippen LogP contribution in [-0.2, 0) is 0 Å². The van der Waals surface area contributed by atoms with E-state index in [1.54, 1.807) is 0 Å². The normalized spacial score (nSPS) is 43.4. The lowest BCUT2D eigenvalue weighted by atomic mass is 9.55. The van der Waals surface area contributed by atoms with Crippen LogP contribution in [0.2, 0.25) is 0 Å². The van der Waals surface area contributed by atoms with Crippen LogP contribution in [-0.4, -0.2) is 21.9 Å². The van der Waals surface area contributed by atoms with E-state index in [9.17, 15) is 10.2 Å². The number of aliphatic hydroxyl groups excluding tert-OH is 1. The summed E-state index contributed by atoms with van der Waals surface area (Å²) in [6, 6.07) is 0. The summed E-state index contributed by atoms with van der Waals surface area (Å²) in [5.41, 5.74) is 0.814. The van der Waals surface area contributed by atoms with E-state index in [1.807, 2.05) is 13.8 Å². The molecule has 0 aromatic rings. The molecule has 2 saturated carbocycles. The van der Waals surface area contributed by atoms with Gasteiger partial charge in [-0.15, -0.1) is 0 Å². The molecule has 98 valence electrons. The number of hydrogen-bond acceptors (Lipinski definition) is 2. The van der Waals surface area contributed by atoms with E-state index in [2.05, 4.69) is 13.5 Å². The smallest absolute Gasteiger partial charge is 0.0620 e. The minimum Gasteiger partial charge on any atom is -0.393 e. The van der Waals surface area contributed by atoms with Gasteiger partial charge in [-0.25, -0.2) is 0 Å². The van der Waals surface area contributed by atoms with Crippen molar-refractivity contribution in [2.45, 2.75) is 64.6 Å². The van der Waals surface area contributed by atoms with E-state index in [0.29, 0.717) is 11.8 Å². The molecule has 0 amide bonds. The lowest BCUT2D eigenvalue weighted by Crippen LogP contribution is -2.46. The minimum atomic E-state index is -0.586. The summed E-state index contributed by atoms with van der Waals surface area (Å²) < 4.78 is 0. The zero-order valence-electron chi connectivity index (χ0n) is 11.4. The second kappa shape index (κ2) is 4.10. The van der Waals surface area contributed by atoms with Gasteiger partial charge in [0.1, 0.15) is 0 Å². The molecule has 0 spiro atoms. The summed E-state index contributed by atoms with van der Waals surface area (Å²) in [6.45, 7) is 10.3. The third-order valence-corrected chi connectivity index (χ3v) is 5.12. The van der Waals surface area contributed by atoms with Gasteiger partial charge in [0.05, 0.1) is 11.7 Å². The summed E-state index contributed by atoms with van der Waals surface area (Å²) in [4.78, 5) is 0. The van der Waals surface area contributed by atoms with Gasteiger partial charge in [0.15, 0.2) is 0 Å². The molecule has 0 heterocycles. The molecule has 2 N–H and O–H groups in total. The van der Waals surface area contributed by atoms with Crippen LogP contribution < -0.4 is 0 Å². The van der Waals surface area contributed by atoms with E-state index in [-0.39, 0.29) is 11.5 Å². The first kappa shape index (κ1) is 13.1. The topological polar surface area (TPSA) is 40.5 Å². The average molecular weight is 238 g/mol. The molecule has 4 atom stereocenters. The van der Waals surface area contributed by atoms with Crippen LogP contribution in [0.25, 0.3) is 0 Å². The predicted octanol–water partition coefficient (Wildman–Crippen LogP) is 2.89. The van der Waals surface area contributed by atoms with Crippen molar-refractivity contribution >= 4 is 0 Å². The Kier molecular flexibility index (Phi) is 3.16. The Hall–Kier alpha value is -0.340. The van der Waals surface area contributed by atoms with Crippen LogP contribution in [0.5, 0.6) is 0 Å². The minimum absolute atomic E-state index is 0.205. The summed E-state index contributed by atoms with van der Waals surface area (Å²) in [7, 11) is 0. The van der Waals surface area contributed by atoms with Crippen LogP contribution in [0.4, 0.5) is 0 Å². The molecule has 2 aliphatic rings. The Balaban J connectivity index is 2.17. The fraction of sp³-hybridized carbons (Fsp3) is 0.867. The molecule has 0 aromatic heterocycles. The van der Waals surface area contributed by atoms with Gasteiger partial charge in [0, 0.05) is 0 Å². The highest BCUT2D eigenvalue weighted by atomic mass is 16.3. The first-order valence-electron chi connectivity index (χ1n) is 6.80. The molecule has 2 nitrogen and oxygen atoms in total. The van der Waals surface area contributed by atoms with Crippen molar-refractivity contribution in [3.8, 4) is 0 Å². The molecular weight excluding hydrogens is 212 g/mol. The molecule has 2 heteroatoms. The van der Waals surface area contributed by atoms with Gasteiger partial charge in [-0.2, -0.15) is 0 Å². The van der Waals surface area contributed by atoms with Crippen molar-refractivity contribution in [3.63, 3.8) is 0 Å². The lowest BCUT2D eigenvalue weighted by molar-refractivity contribution is -0.0565. The predicted molar refractivity (Wildman–Crippen MR) is 69.6 cm³/mol. The molecule has 0 aromatic carbocycles. The van der Waals surface area contributed by atoms with E-state index in [1.165, 1.54) is 5.57 Å². The van der Waals surface area contributed by atoms with Crippen molar-refractivity contribution in [2.75, 3.05) is 0 Å². The molecule has 0 aliphatic heterocycles. The van der Waals surface area contributed by atoms with E-state index in [0.717, 1.165) is 32.1 Å². The van der Waals surface area contributed by atoms with Crippen LogP contribution in [0.3, 0.4) is 0 Å². The third kappa shape index (κ3) is 2.43. The lowest BCUT2D eigenvalue weighted by Gasteiger charge is -2.51. The highest BCUT2D eigenvalue weighted by molar-refractivity contribution is 5.15. The van der Waals surface area contributed by atoms with E-state index < -0.39 is 5.60 Å². The third-order valence-electron chi connectivity index (χ3n) is 5.12. The van der Waals surface area contributed by atoms with Crippen molar-refractivity contribution in [3.05, 3.63) is 12.2 Å². The summed E-state index contributed by atoms with van der Waals surface area (Å²) in [5, 5.41) is 20.1. The van der Waals surface area contributed by atoms with Gasteiger partial charge in [-0.3, -0.25) is 0 Å². The van der Waals surface area contributed by atoms with Crippen LogP contribution in [0.1, 0.15) is 52.9 Å². The Morgan fingerprint density at radius 3 is 2.65 bits per heavy atom. The Morgan fingerprint density at radius 2 is 2.06 bits per heavy atom. The summed E-state index contributed by atoms with van der Waals surface area (Å²) >= 11 is 0. The van der Waals surface area contributed by atoms with Gasteiger partial charge >= 0.3 is 0 Å². The molecule has 2 fully saturated rings. The van der Waals surface area contributed by atoms with E-state index >= 15 is 0 Å². The quantitative estimate of drug-likeness (QED) is 0.690. The number of fused-ring (bicyclic) bond motifs is 1. The van der Waals surface area contributed by atoms with Crippen molar-refractivity contribution in [2.24, 2.45) is 17.3 Å². The average Bonchev–Trinajstić information content (AvgIpc) is 2.13. The van der Waals surface area contributed by atoms with Gasteiger partial charge in [-0.05, 0) is 63.2 Å². The largest absolute Gasteiger partial charge is 0.393 e. The molecule has 2 aliphatic carbocycles. The number of rotatable bonds is 1. The van der Waals surface area contributed by atoms with Gasteiger partial charge in [0.25, 0.3) is 0 Å².